The number of pyridine rings is 1. The van der Waals surface area contributed by atoms with Gasteiger partial charge in [-0.25, -0.2) is 15.0 Å². The number of nitrogens with zero attached hydrogens (tertiary/aromatic N) is 4. The lowest BCUT2D eigenvalue weighted by Gasteiger charge is -2.09. The minimum atomic E-state index is 0. The van der Waals surface area contributed by atoms with Gasteiger partial charge in [0, 0.05) is 25.1 Å². The number of aromatic nitrogens is 3. The van der Waals surface area contributed by atoms with Gasteiger partial charge in [0.05, 0.1) is 0 Å². The molecule has 7 heteroatoms. The monoisotopic (exact) mass is 400 g/mol. The number of nitrogens with two attached hydrogens (primary N) is 1. The van der Waals surface area contributed by atoms with Crippen molar-refractivity contribution in [3.63, 3.8) is 0 Å². The van der Waals surface area contributed by atoms with E-state index in [4.69, 9.17) is 5.73 Å². The number of guanidine groups is 1. The molecule has 0 bridgehead atoms. The third-order valence-corrected chi connectivity index (χ3v) is 2.68. The molecule has 114 valence electrons. The lowest BCUT2D eigenvalue weighted by Crippen LogP contribution is -2.23. The Bertz CT molecular complexity index is 564. The van der Waals surface area contributed by atoms with Gasteiger partial charge in [0.15, 0.2) is 5.96 Å². The molecule has 0 saturated heterocycles. The van der Waals surface area contributed by atoms with E-state index in [1.807, 2.05) is 24.4 Å². The van der Waals surface area contributed by atoms with Gasteiger partial charge in [-0.3, -0.25) is 0 Å². The van der Waals surface area contributed by atoms with Gasteiger partial charge in [-0.15, -0.1) is 24.0 Å². The van der Waals surface area contributed by atoms with Crippen LogP contribution in [0.5, 0.6) is 0 Å². The fourth-order valence-corrected chi connectivity index (χ4v) is 1.81. The van der Waals surface area contributed by atoms with Crippen LogP contribution in [0.15, 0.2) is 41.8 Å². The van der Waals surface area contributed by atoms with E-state index in [0.717, 1.165) is 12.4 Å². The summed E-state index contributed by atoms with van der Waals surface area (Å²) >= 11 is 0. The summed E-state index contributed by atoms with van der Waals surface area (Å²) in [4.78, 5) is 12.7. The van der Waals surface area contributed by atoms with Crippen molar-refractivity contribution in [3.8, 4) is 0 Å². The average molecular weight is 400 g/mol. The molecule has 6 nitrogen and oxygen atoms in total. The molecule has 2 heterocycles. The zero-order valence-corrected chi connectivity index (χ0v) is 14.6. The van der Waals surface area contributed by atoms with Crippen LogP contribution in [0, 0.1) is 5.92 Å². The van der Waals surface area contributed by atoms with Crippen molar-refractivity contribution in [2.24, 2.45) is 16.6 Å². The van der Waals surface area contributed by atoms with E-state index in [1.165, 1.54) is 0 Å². The number of aliphatic imine (C=N–C) groups is 1. The second-order valence-electron chi connectivity index (χ2n) is 4.93. The summed E-state index contributed by atoms with van der Waals surface area (Å²) in [5.74, 6) is 2.49. The van der Waals surface area contributed by atoms with Gasteiger partial charge in [-0.1, -0.05) is 19.9 Å². The highest BCUT2D eigenvalue weighted by molar-refractivity contribution is 14.0. The Balaban J connectivity index is 0.00000220. The largest absolute Gasteiger partial charge is 0.370 e. The van der Waals surface area contributed by atoms with Crippen LogP contribution in [0.1, 0.15) is 19.7 Å². The molecule has 2 aromatic rings. The van der Waals surface area contributed by atoms with Crippen LogP contribution in [-0.4, -0.2) is 20.5 Å². The van der Waals surface area contributed by atoms with Crippen LogP contribution in [0.4, 0.5) is 5.82 Å². The minimum absolute atomic E-state index is 0. The van der Waals surface area contributed by atoms with Gasteiger partial charge in [0.2, 0.25) is 0 Å². The lowest BCUT2D eigenvalue weighted by molar-refractivity contribution is 0.507. The standard InChI is InChI=1S/C14H20N6.HI/c1-11(2)10-20-8-7-17-13(20)9-18-14(15)19-12-5-3-4-6-16-12;/h3-8,11H,9-10H2,1-2H3,(H3,15,16,18,19);1H. The summed E-state index contributed by atoms with van der Waals surface area (Å²) in [6.45, 7) is 5.72. The molecule has 21 heavy (non-hydrogen) atoms. The third kappa shape index (κ3) is 5.70. The Hall–Kier alpha value is -1.64. The molecule has 0 aliphatic rings. The van der Waals surface area contributed by atoms with Gasteiger partial charge in [-0.05, 0) is 18.1 Å². The molecule has 2 rings (SSSR count). The molecule has 0 aromatic carbocycles. The molecule has 0 spiro atoms. The summed E-state index contributed by atoms with van der Waals surface area (Å²) in [6.07, 6.45) is 5.45. The van der Waals surface area contributed by atoms with E-state index < -0.39 is 0 Å². The topological polar surface area (TPSA) is 81.1 Å². The molecule has 2 aromatic heterocycles. The Kier molecular flexibility index (Phi) is 7.13. The summed E-state index contributed by atoms with van der Waals surface area (Å²) in [7, 11) is 0. The minimum Gasteiger partial charge on any atom is -0.370 e. The fourth-order valence-electron chi connectivity index (χ4n) is 1.81. The Morgan fingerprint density at radius 1 is 1.33 bits per heavy atom. The zero-order chi connectivity index (χ0) is 14.4. The van der Waals surface area contributed by atoms with E-state index in [2.05, 4.69) is 38.7 Å². The molecule has 0 radical (unpaired) electrons. The molecular formula is C14H21IN6. The highest BCUT2D eigenvalue weighted by atomic mass is 127. The first-order valence-electron chi connectivity index (χ1n) is 6.63. The molecule has 0 fully saturated rings. The highest BCUT2D eigenvalue weighted by Gasteiger charge is 2.04. The van der Waals surface area contributed by atoms with Gasteiger partial charge < -0.3 is 15.6 Å². The van der Waals surface area contributed by atoms with Crippen molar-refractivity contribution in [2.45, 2.75) is 26.9 Å². The molecule has 0 unspecified atom stereocenters. The summed E-state index contributed by atoms with van der Waals surface area (Å²) in [6, 6.07) is 5.57. The quantitative estimate of drug-likeness (QED) is 0.459. The normalized spacial score (nSPS) is 11.3. The van der Waals surface area contributed by atoms with Crippen LogP contribution < -0.4 is 11.1 Å². The van der Waals surface area contributed by atoms with Crippen LogP contribution in [-0.2, 0) is 13.1 Å². The Labute approximate surface area is 141 Å². The average Bonchev–Trinajstić information content (AvgIpc) is 2.84. The summed E-state index contributed by atoms with van der Waals surface area (Å²) < 4.78 is 2.10. The predicted octanol–water partition coefficient (Wildman–Crippen LogP) is 2.48. The van der Waals surface area contributed by atoms with E-state index in [1.54, 1.807) is 12.4 Å². The number of nitrogens with one attached hydrogen (secondary N) is 1. The van der Waals surface area contributed by atoms with E-state index >= 15 is 0 Å². The second kappa shape index (κ2) is 8.60. The fraction of sp³-hybridized carbons (Fsp3) is 0.357. The van der Waals surface area contributed by atoms with Gasteiger partial charge in [0.1, 0.15) is 18.2 Å². The summed E-state index contributed by atoms with van der Waals surface area (Å²) in [5, 5.41) is 2.94. The SMILES string of the molecule is CC(C)Cn1ccnc1CN=C(N)Nc1ccccn1.I. The van der Waals surface area contributed by atoms with Crippen molar-refractivity contribution in [3.05, 3.63) is 42.6 Å². The van der Waals surface area contributed by atoms with Gasteiger partial charge in [-0.2, -0.15) is 0 Å². The van der Waals surface area contributed by atoms with Gasteiger partial charge >= 0.3 is 0 Å². The van der Waals surface area contributed by atoms with Crippen LogP contribution in [0.25, 0.3) is 0 Å². The maximum Gasteiger partial charge on any atom is 0.194 e. The second-order valence-corrected chi connectivity index (χ2v) is 4.93. The molecule has 0 atom stereocenters. The molecule has 3 N–H and O–H groups in total. The van der Waals surface area contributed by atoms with E-state index in [-0.39, 0.29) is 24.0 Å². The number of anilines is 1. The number of rotatable bonds is 5. The van der Waals surface area contributed by atoms with Crippen molar-refractivity contribution >= 4 is 35.8 Å². The summed E-state index contributed by atoms with van der Waals surface area (Å²) in [5.41, 5.74) is 5.84. The van der Waals surface area contributed by atoms with Crippen LogP contribution in [0.2, 0.25) is 0 Å². The van der Waals surface area contributed by atoms with E-state index in [9.17, 15) is 0 Å². The molecule has 0 amide bonds. The smallest absolute Gasteiger partial charge is 0.194 e. The first-order valence-corrected chi connectivity index (χ1v) is 6.63. The lowest BCUT2D eigenvalue weighted by atomic mass is 10.2. The highest BCUT2D eigenvalue weighted by Crippen LogP contribution is 2.05. The molecule has 0 aliphatic heterocycles. The zero-order valence-electron chi connectivity index (χ0n) is 12.2. The van der Waals surface area contributed by atoms with Crippen molar-refractivity contribution in [2.75, 3.05) is 5.32 Å². The molecule has 0 aliphatic carbocycles. The Morgan fingerprint density at radius 3 is 2.81 bits per heavy atom. The third-order valence-electron chi connectivity index (χ3n) is 2.68. The molecule has 0 saturated carbocycles. The Morgan fingerprint density at radius 2 is 2.14 bits per heavy atom. The first-order chi connectivity index (χ1) is 9.65. The van der Waals surface area contributed by atoms with Crippen molar-refractivity contribution in [1.29, 1.82) is 0 Å². The number of hydrogen-bond donors (Lipinski definition) is 2. The van der Waals surface area contributed by atoms with Crippen LogP contribution >= 0.6 is 24.0 Å². The van der Waals surface area contributed by atoms with E-state index in [0.29, 0.717) is 24.2 Å². The van der Waals surface area contributed by atoms with Gasteiger partial charge in [0.25, 0.3) is 0 Å². The first kappa shape index (κ1) is 17.4. The van der Waals surface area contributed by atoms with Crippen molar-refractivity contribution in [1.82, 2.24) is 14.5 Å². The maximum absolute atomic E-state index is 5.84. The number of halogens is 1. The number of imidazole rings is 1. The number of hydrogen-bond acceptors (Lipinski definition) is 3. The molecular weight excluding hydrogens is 379 g/mol. The van der Waals surface area contributed by atoms with Crippen molar-refractivity contribution < 1.29 is 0 Å². The predicted molar refractivity (Wildman–Crippen MR) is 95.7 cm³/mol. The van der Waals surface area contributed by atoms with Crippen LogP contribution in [0.3, 0.4) is 0 Å². The maximum atomic E-state index is 5.84.